The van der Waals surface area contributed by atoms with Gasteiger partial charge >= 0.3 is 5.97 Å². The fraction of sp³-hybridized carbons (Fsp3) is 0.500. The predicted molar refractivity (Wildman–Crippen MR) is 86.8 cm³/mol. The van der Waals surface area contributed by atoms with Crippen molar-refractivity contribution in [1.29, 1.82) is 0 Å². The van der Waals surface area contributed by atoms with Gasteiger partial charge in [-0.25, -0.2) is 0 Å². The van der Waals surface area contributed by atoms with Crippen molar-refractivity contribution < 1.29 is 14.7 Å². The molecule has 0 aliphatic carbocycles. The van der Waals surface area contributed by atoms with E-state index in [0.29, 0.717) is 18.1 Å². The largest absolute Gasteiger partial charge is 0.480 e. The van der Waals surface area contributed by atoms with Crippen LogP contribution in [-0.2, 0) is 16.1 Å². The van der Waals surface area contributed by atoms with Gasteiger partial charge < -0.3 is 15.7 Å². The van der Waals surface area contributed by atoms with Gasteiger partial charge in [-0.2, -0.15) is 0 Å². The van der Waals surface area contributed by atoms with Crippen molar-refractivity contribution in [2.45, 2.75) is 39.3 Å². The summed E-state index contributed by atoms with van der Waals surface area (Å²) in [6.45, 7) is 4.52. The molecule has 0 radical (unpaired) electrons. The first kappa shape index (κ1) is 18.5. The minimum atomic E-state index is -0.883. The van der Waals surface area contributed by atoms with Crippen LogP contribution in [0.15, 0.2) is 24.3 Å². The van der Waals surface area contributed by atoms with E-state index in [1.165, 1.54) is 0 Å². The van der Waals surface area contributed by atoms with Crippen LogP contribution in [0.4, 0.5) is 0 Å². The maximum atomic E-state index is 11.8. The third kappa shape index (κ3) is 6.03. The maximum absolute atomic E-state index is 11.8. The zero-order valence-corrected chi connectivity index (χ0v) is 13.7. The van der Waals surface area contributed by atoms with Crippen LogP contribution < -0.4 is 10.6 Å². The number of carbonyl (C=O) groups excluding carboxylic acids is 1. The van der Waals surface area contributed by atoms with E-state index >= 15 is 0 Å². The lowest BCUT2D eigenvalue weighted by atomic mass is 9.99. The van der Waals surface area contributed by atoms with Gasteiger partial charge in [0.15, 0.2) is 0 Å². The SMILES string of the molecule is CC[C@H](C)[C@H](NCCC(=O)NCc1ccccc1Cl)C(=O)O. The van der Waals surface area contributed by atoms with Crippen LogP contribution in [0.3, 0.4) is 0 Å². The normalized spacial score (nSPS) is 13.4. The molecule has 0 aliphatic rings. The van der Waals surface area contributed by atoms with Crippen molar-refractivity contribution in [2.75, 3.05) is 6.54 Å². The molecule has 0 saturated carbocycles. The Bertz CT molecular complexity index is 508. The third-order valence-electron chi connectivity index (χ3n) is 3.63. The summed E-state index contributed by atoms with van der Waals surface area (Å²) >= 11 is 6.01. The minimum absolute atomic E-state index is 0.0173. The lowest BCUT2D eigenvalue weighted by Gasteiger charge is -2.20. The number of halogens is 1. The fourth-order valence-electron chi connectivity index (χ4n) is 2.03. The molecule has 0 heterocycles. The molecule has 122 valence electrons. The van der Waals surface area contributed by atoms with Crippen LogP contribution in [0, 0.1) is 5.92 Å². The molecule has 5 nitrogen and oxygen atoms in total. The molecular formula is C16H23ClN2O3. The summed E-state index contributed by atoms with van der Waals surface area (Å²) in [5, 5.41) is 15.5. The summed E-state index contributed by atoms with van der Waals surface area (Å²) in [5.41, 5.74) is 0.855. The zero-order valence-electron chi connectivity index (χ0n) is 12.9. The van der Waals surface area contributed by atoms with E-state index in [1.54, 1.807) is 6.07 Å². The fourth-order valence-corrected chi connectivity index (χ4v) is 2.24. The number of carboxylic acid groups (broad SMARTS) is 1. The average molecular weight is 327 g/mol. The molecule has 0 unspecified atom stereocenters. The smallest absolute Gasteiger partial charge is 0.320 e. The zero-order chi connectivity index (χ0) is 16.5. The number of rotatable bonds is 9. The van der Waals surface area contributed by atoms with Crippen molar-refractivity contribution in [1.82, 2.24) is 10.6 Å². The van der Waals surface area contributed by atoms with Crippen molar-refractivity contribution in [2.24, 2.45) is 5.92 Å². The molecule has 0 saturated heterocycles. The van der Waals surface area contributed by atoms with Crippen LogP contribution in [-0.4, -0.2) is 29.6 Å². The summed E-state index contributed by atoms with van der Waals surface area (Å²) in [7, 11) is 0. The van der Waals surface area contributed by atoms with Crippen LogP contribution in [0.5, 0.6) is 0 Å². The highest BCUT2D eigenvalue weighted by atomic mass is 35.5. The number of aliphatic carboxylic acids is 1. The first-order valence-corrected chi connectivity index (χ1v) is 7.79. The topological polar surface area (TPSA) is 78.4 Å². The molecule has 1 amide bonds. The van der Waals surface area contributed by atoms with Gasteiger partial charge in [-0.1, -0.05) is 50.1 Å². The van der Waals surface area contributed by atoms with Gasteiger partial charge in [0.25, 0.3) is 0 Å². The van der Waals surface area contributed by atoms with E-state index in [2.05, 4.69) is 10.6 Å². The molecule has 0 spiro atoms. The standard InChI is InChI=1S/C16H23ClN2O3/c1-3-11(2)15(16(21)22)18-9-8-14(20)19-10-12-6-4-5-7-13(12)17/h4-7,11,15,18H,3,8-10H2,1-2H3,(H,19,20)(H,21,22)/t11-,15-/m0/s1. The second-order valence-corrected chi connectivity index (χ2v) is 5.68. The molecule has 1 rings (SSSR count). The number of hydrogen-bond acceptors (Lipinski definition) is 3. The van der Waals surface area contributed by atoms with Crippen LogP contribution in [0.1, 0.15) is 32.3 Å². The molecule has 2 atom stereocenters. The van der Waals surface area contributed by atoms with Crippen LogP contribution >= 0.6 is 11.6 Å². The number of carbonyl (C=O) groups is 2. The quantitative estimate of drug-likeness (QED) is 0.651. The molecular weight excluding hydrogens is 304 g/mol. The summed E-state index contributed by atoms with van der Waals surface area (Å²) < 4.78 is 0. The van der Waals surface area contributed by atoms with Gasteiger partial charge in [0.2, 0.25) is 5.91 Å². The number of amides is 1. The number of nitrogens with one attached hydrogen (secondary N) is 2. The van der Waals surface area contributed by atoms with E-state index in [9.17, 15) is 9.59 Å². The molecule has 1 aromatic rings. The van der Waals surface area contributed by atoms with E-state index in [4.69, 9.17) is 16.7 Å². The van der Waals surface area contributed by atoms with Gasteiger partial charge in [-0.05, 0) is 17.5 Å². The lowest BCUT2D eigenvalue weighted by Crippen LogP contribution is -2.43. The highest BCUT2D eigenvalue weighted by Gasteiger charge is 2.22. The Morgan fingerprint density at radius 2 is 2.00 bits per heavy atom. The molecule has 0 fully saturated rings. The second kappa shape index (κ2) is 9.43. The van der Waals surface area contributed by atoms with Gasteiger partial charge in [0, 0.05) is 24.5 Å². The van der Waals surface area contributed by atoms with Gasteiger partial charge in [-0.3, -0.25) is 9.59 Å². The van der Waals surface area contributed by atoms with Gasteiger partial charge in [0.05, 0.1) is 0 Å². The number of benzene rings is 1. The van der Waals surface area contributed by atoms with Crippen molar-refractivity contribution >= 4 is 23.5 Å². The van der Waals surface area contributed by atoms with Crippen molar-refractivity contribution in [3.8, 4) is 0 Å². The lowest BCUT2D eigenvalue weighted by molar-refractivity contribution is -0.141. The third-order valence-corrected chi connectivity index (χ3v) is 4.00. The van der Waals surface area contributed by atoms with Gasteiger partial charge in [-0.15, -0.1) is 0 Å². The number of hydrogen-bond donors (Lipinski definition) is 3. The maximum Gasteiger partial charge on any atom is 0.320 e. The van der Waals surface area contributed by atoms with Crippen LogP contribution in [0.25, 0.3) is 0 Å². The summed E-state index contributed by atoms with van der Waals surface area (Å²) in [6.07, 6.45) is 0.993. The van der Waals surface area contributed by atoms with Crippen LogP contribution in [0.2, 0.25) is 5.02 Å². The molecule has 0 aliphatic heterocycles. The Morgan fingerprint density at radius 1 is 1.32 bits per heavy atom. The van der Waals surface area contributed by atoms with Crippen molar-refractivity contribution in [3.63, 3.8) is 0 Å². The Kier molecular flexibility index (Phi) is 7.91. The Labute approximate surface area is 136 Å². The van der Waals surface area contributed by atoms with Crippen molar-refractivity contribution in [3.05, 3.63) is 34.9 Å². The summed E-state index contributed by atoms with van der Waals surface area (Å²) in [5.74, 6) is -1.00. The summed E-state index contributed by atoms with van der Waals surface area (Å²) in [6, 6.07) is 6.69. The van der Waals surface area contributed by atoms with E-state index in [1.807, 2.05) is 32.0 Å². The molecule has 0 bridgehead atoms. The Morgan fingerprint density at radius 3 is 2.59 bits per heavy atom. The Balaban J connectivity index is 2.34. The average Bonchev–Trinajstić information content (AvgIpc) is 2.49. The first-order valence-electron chi connectivity index (χ1n) is 7.42. The second-order valence-electron chi connectivity index (χ2n) is 5.27. The minimum Gasteiger partial charge on any atom is -0.480 e. The Hall–Kier alpha value is -1.59. The first-order chi connectivity index (χ1) is 10.5. The number of carboxylic acids is 1. The molecule has 22 heavy (non-hydrogen) atoms. The molecule has 6 heteroatoms. The molecule has 1 aromatic carbocycles. The van der Waals surface area contributed by atoms with E-state index < -0.39 is 12.0 Å². The monoisotopic (exact) mass is 326 g/mol. The summed E-state index contributed by atoms with van der Waals surface area (Å²) in [4.78, 5) is 22.9. The van der Waals surface area contributed by atoms with E-state index in [-0.39, 0.29) is 18.2 Å². The highest BCUT2D eigenvalue weighted by Crippen LogP contribution is 2.14. The molecule has 3 N–H and O–H groups in total. The highest BCUT2D eigenvalue weighted by molar-refractivity contribution is 6.31. The molecule has 0 aromatic heterocycles. The van der Waals surface area contributed by atoms with E-state index in [0.717, 1.165) is 12.0 Å². The van der Waals surface area contributed by atoms with Gasteiger partial charge in [0.1, 0.15) is 6.04 Å². The predicted octanol–water partition coefficient (Wildman–Crippen LogP) is 2.44.